The van der Waals surface area contributed by atoms with Gasteiger partial charge < -0.3 is 4.74 Å². The molecule has 102 valence electrons. The molecule has 0 bridgehead atoms. The first-order chi connectivity index (χ1) is 9.26. The van der Waals surface area contributed by atoms with Gasteiger partial charge in [-0.15, -0.1) is 0 Å². The Bertz CT molecular complexity index is 571. The SMILES string of the molecule is CCCCc1ccc(-n2c(COC)n[nH]c2=S)cc1. The number of aromatic amines is 1. The van der Waals surface area contributed by atoms with Crippen molar-refractivity contribution >= 4 is 12.2 Å². The molecule has 2 rings (SSSR count). The van der Waals surface area contributed by atoms with E-state index in [-0.39, 0.29) is 0 Å². The number of methoxy groups -OCH3 is 1. The maximum Gasteiger partial charge on any atom is 0.199 e. The number of benzene rings is 1. The van der Waals surface area contributed by atoms with Crippen molar-refractivity contribution < 1.29 is 4.74 Å². The van der Waals surface area contributed by atoms with Crippen molar-refractivity contribution in [3.63, 3.8) is 0 Å². The Labute approximate surface area is 118 Å². The van der Waals surface area contributed by atoms with E-state index in [0.717, 1.165) is 17.9 Å². The van der Waals surface area contributed by atoms with E-state index in [4.69, 9.17) is 17.0 Å². The zero-order valence-electron chi connectivity index (χ0n) is 11.3. The van der Waals surface area contributed by atoms with Crippen LogP contribution in [0.4, 0.5) is 0 Å². The van der Waals surface area contributed by atoms with Crippen LogP contribution in [0, 0.1) is 4.77 Å². The van der Waals surface area contributed by atoms with Gasteiger partial charge in [-0.3, -0.25) is 9.67 Å². The number of H-pyrrole nitrogens is 1. The van der Waals surface area contributed by atoms with E-state index in [1.807, 2.05) is 4.57 Å². The van der Waals surface area contributed by atoms with E-state index >= 15 is 0 Å². The van der Waals surface area contributed by atoms with Crippen molar-refractivity contribution in [1.82, 2.24) is 14.8 Å². The third-order valence-corrected chi connectivity index (χ3v) is 3.30. The molecule has 0 saturated heterocycles. The molecule has 0 saturated carbocycles. The molecule has 0 radical (unpaired) electrons. The molecule has 2 aromatic rings. The van der Waals surface area contributed by atoms with Crippen molar-refractivity contribution in [1.29, 1.82) is 0 Å². The summed E-state index contributed by atoms with van der Waals surface area (Å²) in [6, 6.07) is 8.46. The van der Waals surface area contributed by atoms with Crippen molar-refractivity contribution in [2.24, 2.45) is 0 Å². The molecule has 1 aromatic carbocycles. The Balaban J connectivity index is 2.26. The van der Waals surface area contributed by atoms with Crippen molar-refractivity contribution in [2.75, 3.05) is 7.11 Å². The third kappa shape index (κ3) is 3.30. The second-order valence-corrected chi connectivity index (χ2v) is 4.87. The number of hydrogen-bond acceptors (Lipinski definition) is 3. The van der Waals surface area contributed by atoms with Gasteiger partial charge in [0.2, 0.25) is 0 Å². The van der Waals surface area contributed by atoms with E-state index < -0.39 is 0 Å². The highest BCUT2D eigenvalue weighted by molar-refractivity contribution is 7.71. The van der Waals surface area contributed by atoms with Crippen LogP contribution in [0.25, 0.3) is 5.69 Å². The number of ether oxygens (including phenoxy) is 1. The van der Waals surface area contributed by atoms with Crippen molar-refractivity contribution in [2.45, 2.75) is 32.8 Å². The van der Waals surface area contributed by atoms with Gasteiger partial charge in [0, 0.05) is 12.8 Å². The van der Waals surface area contributed by atoms with Gasteiger partial charge in [-0.25, -0.2) is 0 Å². The summed E-state index contributed by atoms with van der Waals surface area (Å²) in [5.74, 6) is 0.786. The monoisotopic (exact) mass is 277 g/mol. The van der Waals surface area contributed by atoms with Crippen LogP contribution in [0.5, 0.6) is 0 Å². The van der Waals surface area contributed by atoms with Crippen molar-refractivity contribution in [3.8, 4) is 5.69 Å². The lowest BCUT2D eigenvalue weighted by atomic mass is 10.1. The van der Waals surface area contributed by atoms with Crippen LogP contribution in [0.2, 0.25) is 0 Å². The standard InChI is InChI=1S/C14H19N3OS/c1-3-4-5-11-6-8-12(9-7-11)17-13(10-18-2)15-16-14(17)19/h6-9H,3-5,10H2,1-2H3,(H,16,19). The van der Waals surface area contributed by atoms with Crippen LogP contribution in [-0.2, 0) is 17.8 Å². The van der Waals surface area contributed by atoms with Gasteiger partial charge in [0.1, 0.15) is 6.61 Å². The average molecular weight is 277 g/mol. The molecule has 0 aliphatic rings. The van der Waals surface area contributed by atoms with Gasteiger partial charge in [0.05, 0.1) is 0 Å². The predicted octanol–water partition coefficient (Wildman–Crippen LogP) is 3.42. The van der Waals surface area contributed by atoms with Gasteiger partial charge in [-0.1, -0.05) is 25.5 Å². The van der Waals surface area contributed by atoms with Crippen LogP contribution in [0.15, 0.2) is 24.3 Å². The predicted molar refractivity (Wildman–Crippen MR) is 78.1 cm³/mol. The number of rotatable bonds is 6. The number of nitrogens with zero attached hydrogens (tertiary/aromatic N) is 2. The first kappa shape index (κ1) is 14.0. The first-order valence-corrected chi connectivity index (χ1v) is 6.91. The summed E-state index contributed by atoms with van der Waals surface area (Å²) in [7, 11) is 1.65. The molecule has 4 nitrogen and oxygen atoms in total. The zero-order chi connectivity index (χ0) is 13.7. The summed E-state index contributed by atoms with van der Waals surface area (Å²) in [5.41, 5.74) is 2.37. The fraction of sp³-hybridized carbons (Fsp3) is 0.429. The molecule has 0 aliphatic carbocycles. The Morgan fingerprint density at radius 2 is 2.05 bits per heavy atom. The Kier molecular flexibility index (Phi) is 4.87. The Hall–Kier alpha value is -1.46. The lowest BCUT2D eigenvalue weighted by molar-refractivity contribution is 0.176. The quantitative estimate of drug-likeness (QED) is 0.823. The molecule has 0 aliphatic heterocycles. The van der Waals surface area contributed by atoms with E-state index in [0.29, 0.717) is 11.4 Å². The largest absolute Gasteiger partial charge is 0.377 e. The van der Waals surface area contributed by atoms with E-state index in [1.165, 1.54) is 18.4 Å². The highest BCUT2D eigenvalue weighted by atomic mass is 32.1. The summed E-state index contributed by atoms with van der Waals surface area (Å²) >= 11 is 5.26. The molecule has 1 N–H and O–H groups in total. The number of aromatic nitrogens is 3. The average Bonchev–Trinajstić information content (AvgIpc) is 2.79. The molecule has 0 atom stereocenters. The lowest BCUT2D eigenvalue weighted by Crippen LogP contribution is -2.02. The first-order valence-electron chi connectivity index (χ1n) is 6.50. The minimum absolute atomic E-state index is 0.435. The lowest BCUT2D eigenvalue weighted by Gasteiger charge is -2.07. The van der Waals surface area contributed by atoms with Crippen LogP contribution >= 0.6 is 12.2 Å². The Morgan fingerprint density at radius 3 is 2.68 bits per heavy atom. The molecule has 5 heteroatoms. The van der Waals surface area contributed by atoms with Gasteiger partial charge in [0.25, 0.3) is 0 Å². The van der Waals surface area contributed by atoms with E-state index in [2.05, 4.69) is 41.4 Å². The van der Waals surface area contributed by atoms with Crippen LogP contribution in [-0.4, -0.2) is 21.9 Å². The number of unbranched alkanes of at least 4 members (excludes halogenated alkanes) is 1. The number of aryl methyl sites for hydroxylation is 1. The maximum absolute atomic E-state index is 5.26. The molecule has 0 fully saturated rings. The smallest absolute Gasteiger partial charge is 0.199 e. The molecule has 1 aromatic heterocycles. The number of nitrogens with one attached hydrogen (secondary N) is 1. The minimum atomic E-state index is 0.435. The summed E-state index contributed by atoms with van der Waals surface area (Å²) < 4.78 is 7.63. The Morgan fingerprint density at radius 1 is 1.32 bits per heavy atom. The second-order valence-electron chi connectivity index (χ2n) is 4.48. The van der Waals surface area contributed by atoms with Gasteiger partial charge in [0.15, 0.2) is 10.6 Å². The van der Waals surface area contributed by atoms with Crippen LogP contribution in [0.3, 0.4) is 0 Å². The van der Waals surface area contributed by atoms with E-state index in [1.54, 1.807) is 7.11 Å². The van der Waals surface area contributed by atoms with Crippen molar-refractivity contribution in [3.05, 3.63) is 40.4 Å². The molecule has 19 heavy (non-hydrogen) atoms. The van der Waals surface area contributed by atoms with E-state index in [9.17, 15) is 0 Å². The third-order valence-electron chi connectivity index (χ3n) is 3.03. The normalized spacial score (nSPS) is 10.8. The maximum atomic E-state index is 5.26. The van der Waals surface area contributed by atoms with Gasteiger partial charge in [-0.05, 0) is 42.8 Å². The second kappa shape index (κ2) is 6.63. The molecular formula is C14H19N3OS. The summed E-state index contributed by atoms with van der Waals surface area (Å²) in [6.07, 6.45) is 3.56. The summed E-state index contributed by atoms with van der Waals surface area (Å²) in [4.78, 5) is 0. The topological polar surface area (TPSA) is 42.8 Å². The zero-order valence-corrected chi connectivity index (χ0v) is 12.2. The molecule has 0 amide bonds. The van der Waals surface area contributed by atoms with Crippen LogP contribution < -0.4 is 0 Å². The summed E-state index contributed by atoms with van der Waals surface area (Å²) in [6.45, 7) is 2.64. The highest BCUT2D eigenvalue weighted by Gasteiger charge is 2.07. The number of hydrogen-bond donors (Lipinski definition) is 1. The van der Waals surface area contributed by atoms with Crippen LogP contribution in [0.1, 0.15) is 31.2 Å². The fourth-order valence-corrected chi connectivity index (χ4v) is 2.27. The summed E-state index contributed by atoms with van der Waals surface area (Å²) in [5, 5.41) is 6.98. The minimum Gasteiger partial charge on any atom is -0.377 e. The molecule has 1 heterocycles. The van der Waals surface area contributed by atoms with Gasteiger partial charge in [-0.2, -0.15) is 5.10 Å². The molecule has 0 unspecified atom stereocenters. The molecular weight excluding hydrogens is 258 g/mol. The van der Waals surface area contributed by atoms with Gasteiger partial charge >= 0.3 is 0 Å². The molecule has 0 spiro atoms. The highest BCUT2D eigenvalue weighted by Crippen LogP contribution is 2.14. The fourth-order valence-electron chi connectivity index (χ4n) is 2.01.